The Morgan fingerprint density at radius 3 is 2.69 bits per heavy atom. The van der Waals surface area contributed by atoms with E-state index in [2.05, 4.69) is 6.07 Å². The average Bonchev–Trinajstić information content (AvgIpc) is 3.10. The highest BCUT2D eigenvalue weighted by Gasteiger charge is 2.21. The van der Waals surface area contributed by atoms with Gasteiger partial charge in [0.1, 0.15) is 12.7 Å². The normalized spacial score (nSPS) is 10.5. The van der Waals surface area contributed by atoms with Crippen molar-refractivity contribution in [3.63, 3.8) is 0 Å². The Balaban J connectivity index is 1.92. The molecule has 0 spiro atoms. The lowest BCUT2D eigenvalue weighted by Crippen LogP contribution is -2.24. The number of benzene rings is 1. The van der Waals surface area contributed by atoms with Gasteiger partial charge in [0.05, 0.1) is 27.3 Å². The number of nitrogens with zero attached hydrogens (tertiary/aromatic N) is 4. The summed E-state index contributed by atoms with van der Waals surface area (Å²) in [7, 11) is 0. The molecule has 2 heterocycles. The van der Waals surface area contributed by atoms with Gasteiger partial charge in [-0.25, -0.2) is 4.79 Å². The number of ether oxygens (including phenoxy) is 1. The van der Waals surface area contributed by atoms with E-state index in [9.17, 15) is 20.2 Å². The molecule has 0 atom stereocenters. The average molecular weight is 392 g/mol. The number of aromatic nitrogens is 1. The lowest BCUT2D eigenvalue weighted by Gasteiger charge is -2.23. The first-order chi connectivity index (χ1) is 14.0. The van der Waals surface area contributed by atoms with E-state index < -0.39 is 10.9 Å². The Morgan fingerprint density at radius 2 is 2.03 bits per heavy atom. The molecule has 0 saturated carbocycles. The summed E-state index contributed by atoms with van der Waals surface area (Å²) in [5, 5.41) is 20.6. The van der Waals surface area contributed by atoms with E-state index in [0.29, 0.717) is 29.9 Å². The minimum Gasteiger partial charge on any atom is -0.457 e. The number of carbonyl (C=O) groups excluding carboxylic acids is 1. The molecule has 0 amide bonds. The molecule has 8 heteroatoms. The van der Waals surface area contributed by atoms with Crippen LogP contribution in [0, 0.1) is 21.4 Å². The largest absolute Gasteiger partial charge is 0.457 e. The van der Waals surface area contributed by atoms with Crippen molar-refractivity contribution in [1.82, 2.24) is 4.40 Å². The fourth-order valence-corrected chi connectivity index (χ4v) is 3.28. The Hall–Kier alpha value is -3.86. The second-order valence-electron chi connectivity index (χ2n) is 6.34. The van der Waals surface area contributed by atoms with E-state index in [1.807, 2.05) is 36.9 Å². The van der Waals surface area contributed by atoms with Crippen LogP contribution in [0.15, 0.2) is 48.8 Å². The van der Waals surface area contributed by atoms with Crippen LogP contribution in [-0.2, 0) is 11.3 Å². The number of carbonyl (C=O) groups is 1. The van der Waals surface area contributed by atoms with Crippen molar-refractivity contribution in [2.45, 2.75) is 20.5 Å². The van der Waals surface area contributed by atoms with Gasteiger partial charge >= 0.3 is 5.97 Å². The molecule has 0 bridgehead atoms. The lowest BCUT2D eigenvalue weighted by atomic mass is 10.1. The number of nitriles is 1. The molecule has 29 heavy (non-hydrogen) atoms. The summed E-state index contributed by atoms with van der Waals surface area (Å²) in [5.41, 5.74) is 2.25. The molecule has 1 aromatic carbocycles. The molecule has 8 nitrogen and oxygen atoms in total. The van der Waals surface area contributed by atoms with E-state index in [0.717, 1.165) is 5.52 Å². The molecular weight excluding hydrogens is 372 g/mol. The zero-order valence-electron chi connectivity index (χ0n) is 16.2. The summed E-state index contributed by atoms with van der Waals surface area (Å²) in [6.45, 7) is 5.04. The molecule has 0 aliphatic carbocycles. The van der Waals surface area contributed by atoms with Crippen molar-refractivity contribution in [2.75, 3.05) is 18.0 Å². The molecule has 3 aromatic rings. The highest BCUT2D eigenvalue weighted by Crippen LogP contribution is 2.27. The fourth-order valence-electron chi connectivity index (χ4n) is 3.28. The highest BCUT2D eigenvalue weighted by atomic mass is 16.6. The smallest absolute Gasteiger partial charge is 0.340 e. The third-order valence-electron chi connectivity index (χ3n) is 4.75. The van der Waals surface area contributed by atoms with E-state index >= 15 is 0 Å². The van der Waals surface area contributed by atoms with Crippen LogP contribution in [0.4, 0.5) is 11.4 Å². The van der Waals surface area contributed by atoms with Crippen LogP contribution in [-0.4, -0.2) is 28.4 Å². The maximum absolute atomic E-state index is 12.8. The van der Waals surface area contributed by atoms with Gasteiger partial charge in [-0.05, 0) is 32.0 Å². The Kier molecular flexibility index (Phi) is 5.79. The van der Waals surface area contributed by atoms with Crippen molar-refractivity contribution in [2.24, 2.45) is 0 Å². The zero-order chi connectivity index (χ0) is 21.0. The van der Waals surface area contributed by atoms with Gasteiger partial charge in [0.2, 0.25) is 0 Å². The second kappa shape index (κ2) is 8.44. The van der Waals surface area contributed by atoms with Gasteiger partial charge in [0, 0.05) is 43.2 Å². The molecule has 0 aliphatic rings. The number of rotatable bonds is 7. The van der Waals surface area contributed by atoms with E-state index in [4.69, 9.17) is 4.74 Å². The second-order valence-corrected chi connectivity index (χ2v) is 6.34. The number of esters is 1. The van der Waals surface area contributed by atoms with Gasteiger partial charge < -0.3 is 14.0 Å². The number of hydrogen-bond donors (Lipinski definition) is 0. The molecule has 0 unspecified atom stereocenters. The number of non-ortho nitro benzene ring substituents is 1. The summed E-state index contributed by atoms with van der Waals surface area (Å²) < 4.78 is 7.24. The van der Waals surface area contributed by atoms with Gasteiger partial charge in [0.15, 0.2) is 0 Å². The monoisotopic (exact) mass is 392 g/mol. The van der Waals surface area contributed by atoms with E-state index in [1.165, 1.54) is 12.1 Å². The summed E-state index contributed by atoms with van der Waals surface area (Å²) in [6.07, 6.45) is 3.54. The van der Waals surface area contributed by atoms with Crippen molar-refractivity contribution >= 4 is 22.9 Å². The summed E-state index contributed by atoms with van der Waals surface area (Å²) in [4.78, 5) is 25.3. The van der Waals surface area contributed by atoms with Gasteiger partial charge in [-0.1, -0.05) is 6.07 Å². The molecule has 0 saturated heterocycles. The van der Waals surface area contributed by atoms with Crippen LogP contribution in [0.25, 0.3) is 5.52 Å². The van der Waals surface area contributed by atoms with Crippen molar-refractivity contribution in [1.29, 1.82) is 5.26 Å². The van der Waals surface area contributed by atoms with Crippen LogP contribution in [0.2, 0.25) is 0 Å². The van der Waals surface area contributed by atoms with Crippen LogP contribution >= 0.6 is 0 Å². The molecular formula is C21H20N4O4. The van der Waals surface area contributed by atoms with Crippen molar-refractivity contribution in [3.05, 3.63) is 75.6 Å². The summed E-state index contributed by atoms with van der Waals surface area (Å²) in [5.74, 6) is -0.672. The van der Waals surface area contributed by atoms with Crippen LogP contribution in [0.3, 0.4) is 0 Å². The van der Waals surface area contributed by atoms with Gasteiger partial charge in [-0.2, -0.15) is 5.26 Å². The minimum atomic E-state index is -0.672. The number of nitro groups is 1. The number of fused-ring (bicyclic) bond motifs is 1. The van der Waals surface area contributed by atoms with Crippen LogP contribution in [0.1, 0.15) is 35.3 Å². The third kappa shape index (κ3) is 3.89. The third-order valence-corrected chi connectivity index (χ3v) is 4.75. The van der Waals surface area contributed by atoms with Gasteiger partial charge in [-0.15, -0.1) is 0 Å². The van der Waals surface area contributed by atoms with Crippen molar-refractivity contribution in [3.8, 4) is 6.07 Å². The number of hydrogen-bond acceptors (Lipinski definition) is 6. The summed E-state index contributed by atoms with van der Waals surface area (Å²) >= 11 is 0. The molecule has 148 valence electrons. The maximum Gasteiger partial charge on any atom is 0.340 e. The molecule has 0 N–H and O–H groups in total. The number of pyridine rings is 1. The molecule has 2 aromatic heterocycles. The molecule has 3 rings (SSSR count). The standard InChI is InChI=1S/C21H20N4O4/c1-3-23(4-2)20-9-8-16(25(27)28)11-17(20)21(26)29-14-15-13-24-10-6-5-7-19(24)18(15)12-22/h5-11,13H,3-4,14H2,1-2H3. The molecule has 0 fully saturated rings. The van der Waals surface area contributed by atoms with Gasteiger partial charge in [-0.3, -0.25) is 10.1 Å². The Labute approximate surface area is 167 Å². The van der Waals surface area contributed by atoms with E-state index in [-0.39, 0.29) is 17.9 Å². The molecule has 0 radical (unpaired) electrons. The minimum absolute atomic E-state index is 0.107. The predicted octanol–water partition coefficient (Wildman–Crippen LogP) is 3.92. The number of anilines is 1. The number of nitro benzene ring substituents is 1. The first-order valence-electron chi connectivity index (χ1n) is 9.19. The molecule has 0 aliphatic heterocycles. The maximum atomic E-state index is 12.8. The summed E-state index contributed by atoms with van der Waals surface area (Å²) in [6, 6.07) is 11.8. The topological polar surface area (TPSA) is 101 Å². The van der Waals surface area contributed by atoms with Crippen molar-refractivity contribution < 1.29 is 14.5 Å². The van der Waals surface area contributed by atoms with E-state index in [1.54, 1.807) is 22.9 Å². The fraction of sp³-hybridized carbons (Fsp3) is 0.238. The Bertz CT molecular complexity index is 1110. The first kappa shape index (κ1) is 19.9. The lowest BCUT2D eigenvalue weighted by molar-refractivity contribution is -0.384. The quantitative estimate of drug-likeness (QED) is 0.343. The first-order valence-corrected chi connectivity index (χ1v) is 9.19. The predicted molar refractivity (Wildman–Crippen MR) is 108 cm³/mol. The Morgan fingerprint density at radius 1 is 1.28 bits per heavy atom. The highest BCUT2D eigenvalue weighted by molar-refractivity contribution is 5.96. The SMILES string of the molecule is CCN(CC)c1ccc([N+](=O)[O-])cc1C(=O)OCc1cn2ccccc2c1C#N. The van der Waals surface area contributed by atoms with Crippen LogP contribution in [0.5, 0.6) is 0 Å². The van der Waals surface area contributed by atoms with Gasteiger partial charge in [0.25, 0.3) is 5.69 Å². The van der Waals surface area contributed by atoms with Crippen LogP contribution < -0.4 is 4.90 Å². The zero-order valence-corrected chi connectivity index (χ0v) is 16.2.